The highest BCUT2D eigenvalue weighted by atomic mass is 79.9. The van der Waals surface area contributed by atoms with E-state index in [1.807, 2.05) is 26.0 Å². The number of rotatable bonds is 2. The summed E-state index contributed by atoms with van der Waals surface area (Å²) < 4.78 is 5.89. The lowest BCUT2D eigenvalue weighted by molar-refractivity contribution is 0.102. The van der Waals surface area contributed by atoms with Crippen LogP contribution in [0.15, 0.2) is 39.6 Å². The van der Waals surface area contributed by atoms with E-state index in [1.54, 1.807) is 6.07 Å². The Kier molecular flexibility index (Phi) is 3.33. The van der Waals surface area contributed by atoms with E-state index in [0.717, 1.165) is 21.3 Å². The molecular formula is C13H12BrNO2. The monoisotopic (exact) mass is 293 g/mol. The van der Waals surface area contributed by atoms with Crippen LogP contribution in [0.2, 0.25) is 0 Å². The van der Waals surface area contributed by atoms with E-state index in [2.05, 4.69) is 21.2 Å². The smallest absolute Gasteiger partial charge is 0.258 e. The SMILES string of the molecule is Cc1cc(Br)cc(C)c1NC(=O)c1ccoc1. The second-order valence-corrected chi connectivity index (χ2v) is 4.80. The minimum absolute atomic E-state index is 0.160. The number of furan rings is 1. The van der Waals surface area contributed by atoms with Crippen LogP contribution in [-0.2, 0) is 0 Å². The van der Waals surface area contributed by atoms with Crippen molar-refractivity contribution in [1.29, 1.82) is 0 Å². The Bertz CT molecular complexity index is 524. The zero-order valence-electron chi connectivity index (χ0n) is 9.58. The Morgan fingerprint density at radius 2 is 1.94 bits per heavy atom. The molecule has 0 radical (unpaired) electrons. The summed E-state index contributed by atoms with van der Waals surface area (Å²) in [7, 11) is 0. The average Bonchev–Trinajstić information content (AvgIpc) is 2.76. The van der Waals surface area contributed by atoms with Gasteiger partial charge in [-0.15, -0.1) is 0 Å². The zero-order chi connectivity index (χ0) is 12.4. The molecule has 2 rings (SSSR count). The molecule has 2 aromatic rings. The van der Waals surface area contributed by atoms with Crippen molar-refractivity contribution in [3.63, 3.8) is 0 Å². The quantitative estimate of drug-likeness (QED) is 0.912. The summed E-state index contributed by atoms with van der Waals surface area (Å²) in [5.41, 5.74) is 3.41. The molecule has 1 heterocycles. The van der Waals surface area contributed by atoms with Crippen molar-refractivity contribution in [3.05, 3.63) is 51.9 Å². The van der Waals surface area contributed by atoms with E-state index in [0.29, 0.717) is 5.56 Å². The van der Waals surface area contributed by atoms with Gasteiger partial charge in [-0.3, -0.25) is 4.79 Å². The Morgan fingerprint density at radius 1 is 1.29 bits per heavy atom. The second kappa shape index (κ2) is 4.75. The molecule has 0 aliphatic rings. The number of carbonyl (C=O) groups excluding carboxylic acids is 1. The highest BCUT2D eigenvalue weighted by molar-refractivity contribution is 9.10. The molecular weight excluding hydrogens is 282 g/mol. The number of anilines is 1. The molecule has 88 valence electrons. The summed E-state index contributed by atoms with van der Waals surface area (Å²) in [5.74, 6) is -0.160. The maximum atomic E-state index is 11.9. The van der Waals surface area contributed by atoms with Crippen LogP contribution in [0.3, 0.4) is 0 Å². The van der Waals surface area contributed by atoms with Crippen LogP contribution in [0.4, 0.5) is 5.69 Å². The van der Waals surface area contributed by atoms with Gasteiger partial charge in [-0.2, -0.15) is 0 Å². The summed E-state index contributed by atoms with van der Waals surface area (Å²) in [6, 6.07) is 5.58. The van der Waals surface area contributed by atoms with Gasteiger partial charge in [-0.05, 0) is 43.2 Å². The van der Waals surface area contributed by atoms with Gasteiger partial charge in [0.05, 0.1) is 11.8 Å². The summed E-state index contributed by atoms with van der Waals surface area (Å²) in [5, 5.41) is 2.89. The lowest BCUT2D eigenvalue weighted by Gasteiger charge is -2.11. The molecule has 17 heavy (non-hydrogen) atoms. The first-order valence-corrected chi connectivity index (χ1v) is 5.97. The number of hydrogen-bond acceptors (Lipinski definition) is 2. The Morgan fingerprint density at radius 3 is 2.47 bits per heavy atom. The predicted molar refractivity (Wildman–Crippen MR) is 70.3 cm³/mol. The Balaban J connectivity index is 2.28. The minimum atomic E-state index is -0.160. The molecule has 0 aliphatic heterocycles. The fourth-order valence-corrected chi connectivity index (χ4v) is 2.37. The molecule has 1 aromatic carbocycles. The summed E-state index contributed by atoms with van der Waals surface area (Å²) >= 11 is 3.42. The zero-order valence-corrected chi connectivity index (χ0v) is 11.2. The molecule has 0 fully saturated rings. The van der Waals surface area contributed by atoms with Gasteiger partial charge in [0.15, 0.2) is 0 Å². The van der Waals surface area contributed by atoms with E-state index in [1.165, 1.54) is 12.5 Å². The standard InChI is InChI=1S/C13H12BrNO2/c1-8-5-11(14)6-9(2)12(8)15-13(16)10-3-4-17-7-10/h3-7H,1-2H3,(H,15,16). The molecule has 0 unspecified atom stereocenters. The third-order valence-corrected chi connectivity index (χ3v) is 2.98. The molecule has 0 atom stereocenters. The van der Waals surface area contributed by atoms with E-state index >= 15 is 0 Å². The molecule has 4 heteroatoms. The highest BCUT2D eigenvalue weighted by Crippen LogP contribution is 2.25. The van der Waals surface area contributed by atoms with Gasteiger partial charge in [-0.1, -0.05) is 15.9 Å². The van der Waals surface area contributed by atoms with Gasteiger partial charge in [0.25, 0.3) is 5.91 Å². The largest absolute Gasteiger partial charge is 0.472 e. The lowest BCUT2D eigenvalue weighted by Crippen LogP contribution is -2.12. The maximum absolute atomic E-state index is 11.9. The number of aryl methyl sites for hydroxylation is 2. The summed E-state index contributed by atoms with van der Waals surface area (Å²) in [6.45, 7) is 3.92. The van der Waals surface area contributed by atoms with Gasteiger partial charge in [0.2, 0.25) is 0 Å². The lowest BCUT2D eigenvalue weighted by atomic mass is 10.1. The third kappa shape index (κ3) is 2.58. The van der Waals surface area contributed by atoms with Crippen molar-refractivity contribution >= 4 is 27.5 Å². The van der Waals surface area contributed by atoms with Gasteiger partial charge < -0.3 is 9.73 Å². The first kappa shape index (κ1) is 11.9. The fourth-order valence-electron chi connectivity index (χ4n) is 1.69. The molecule has 0 saturated heterocycles. The number of hydrogen-bond donors (Lipinski definition) is 1. The van der Waals surface area contributed by atoms with Crippen molar-refractivity contribution in [2.24, 2.45) is 0 Å². The number of carbonyl (C=O) groups is 1. The van der Waals surface area contributed by atoms with E-state index in [9.17, 15) is 4.79 Å². The van der Waals surface area contributed by atoms with Crippen LogP contribution in [0.1, 0.15) is 21.5 Å². The van der Waals surface area contributed by atoms with E-state index in [-0.39, 0.29) is 5.91 Å². The average molecular weight is 294 g/mol. The number of benzene rings is 1. The number of halogens is 1. The topological polar surface area (TPSA) is 42.2 Å². The fraction of sp³-hybridized carbons (Fsp3) is 0.154. The van der Waals surface area contributed by atoms with Gasteiger partial charge in [-0.25, -0.2) is 0 Å². The summed E-state index contributed by atoms with van der Waals surface area (Å²) in [4.78, 5) is 11.9. The summed E-state index contributed by atoms with van der Waals surface area (Å²) in [6.07, 6.45) is 2.91. The van der Waals surface area contributed by atoms with Crippen LogP contribution in [0, 0.1) is 13.8 Å². The van der Waals surface area contributed by atoms with E-state index < -0.39 is 0 Å². The van der Waals surface area contributed by atoms with Gasteiger partial charge in [0.1, 0.15) is 6.26 Å². The molecule has 3 nitrogen and oxygen atoms in total. The van der Waals surface area contributed by atoms with Crippen LogP contribution in [0.25, 0.3) is 0 Å². The number of amides is 1. The van der Waals surface area contributed by atoms with Crippen LogP contribution in [-0.4, -0.2) is 5.91 Å². The third-order valence-electron chi connectivity index (χ3n) is 2.52. The van der Waals surface area contributed by atoms with Crippen molar-refractivity contribution in [2.75, 3.05) is 5.32 Å². The van der Waals surface area contributed by atoms with Crippen molar-refractivity contribution in [2.45, 2.75) is 13.8 Å². The van der Waals surface area contributed by atoms with E-state index in [4.69, 9.17) is 4.42 Å². The molecule has 1 N–H and O–H groups in total. The van der Waals surface area contributed by atoms with Crippen molar-refractivity contribution in [3.8, 4) is 0 Å². The molecule has 0 aliphatic carbocycles. The van der Waals surface area contributed by atoms with Crippen molar-refractivity contribution < 1.29 is 9.21 Å². The second-order valence-electron chi connectivity index (χ2n) is 3.88. The molecule has 0 spiro atoms. The van der Waals surface area contributed by atoms with Crippen LogP contribution < -0.4 is 5.32 Å². The Labute approximate surface area is 108 Å². The normalized spacial score (nSPS) is 10.3. The minimum Gasteiger partial charge on any atom is -0.472 e. The molecule has 1 amide bonds. The predicted octanol–water partition coefficient (Wildman–Crippen LogP) is 3.91. The molecule has 0 bridgehead atoms. The Hall–Kier alpha value is -1.55. The van der Waals surface area contributed by atoms with Crippen molar-refractivity contribution in [1.82, 2.24) is 0 Å². The maximum Gasteiger partial charge on any atom is 0.258 e. The first-order chi connectivity index (χ1) is 8.08. The van der Waals surface area contributed by atoms with Gasteiger partial charge in [0, 0.05) is 10.2 Å². The number of nitrogens with one attached hydrogen (secondary N) is 1. The van der Waals surface area contributed by atoms with Crippen LogP contribution in [0.5, 0.6) is 0 Å². The highest BCUT2D eigenvalue weighted by Gasteiger charge is 2.11. The first-order valence-electron chi connectivity index (χ1n) is 5.18. The molecule has 0 saturated carbocycles. The van der Waals surface area contributed by atoms with Crippen LogP contribution >= 0.6 is 15.9 Å². The molecule has 1 aromatic heterocycles. The van der Waals surface area contributed by atoms with Gasteiger partial charge >= 0.3 is 0 Å².